The van der Waals surface area contributed by atoms with Crippen LogP contribution in [0.1, 0.15) is 26.3 Å². The highest BCUT2D eigenvalue weighted by Crippen LogP contribution is 2.33. The van der Waals surface area contributed by atoms with Crippen molar-refractivity contribution in [3.63, 3.8) is 0 Å². The third kappa shape index (κ3) is 3.88. The van der Waals surface area contributed by atoms with Crippen LogP contribution in [0.5, 0.6) is 11.5 Å². The summed E-state index contributed by atoms with van der Waals surface area (Å²) in [5, 5.41) is 0. The molecule has 1 aliphatic rings. The number of carbonyl (C=O) groups excluding carboxylic acids is 2. The Hall–Kier alpha value is -3.60. The third-order valence-corrected chi connectivity index (χ3v) is 4.37. The summed E-state index contributed by atoms with van der Waals surface area (Å²) in [5.74, 6) is 0.525. The van der Waals surface area contributed by atoms with Crippen LogP contribution >= 0.6 is 0 Å². The van der Waals surface area contributed by atoms with E-state index in [1.165, 1.54) is 0 Å². The number of ether oxygens (including phenoxy) is 3. The van der Waals surface area contributed by atoms with Crippen molar-refractivity contribution in [1.29, 1.82) is 0 Å². The van der Waals surface area contributed by atoms with Crippen LogP contribution in [0.15, 0.2) is 78.9 Å². The van der Waals surface area contributed by atoms with Crippen molar-refractivity contribution >= 4 is 11.8 Å². The van der Waals surface area contributed by atoms with Crippen LogP contribution in [0.25, 0.3) is 0 Å². The van der Waals surface area contributed by atoms with E-state index in [4.69, 9.17) is 14.2 Å². The molecule has 0 saturated carbocycles. The standard InChI is InChI=1S/C23H18O5/c24-22(16-7-3-1-4-8-16)18-11-12-20-21(13-18)28-19(14-26-20)15-27-23(25)17-9-5-2-6-10-17/h1-13,19H,14-15H2. The maximum atomic E-state index is 12.6. The molecule has 5 heteroatoms. The predicted octanol–water partition coefficient (Wildman–Crippen LogP) is 3.91. The van der Waals surface area contributed by atoms with Crippen molar-refractivity contribution in [3.05, 3.63) is 95.6 Å². The number of carbonyl (C=O) groups is 2. The van der Waals surface area contributed by atoms with E-state index in [0.29, 0.717) is 28.2 Å². The lowest BCUT2D eigenvalue weighted by Crippen LogP contribution is -2.34. The van der Waals surface area contributed by atoms with Gasteiger partial charge < -0.3 is 14.2 Å². The average Bonchev–Trinajstić information content (AvgIpc) is 2.77. The Kier molecular flexibility index (Phi) is 5.06. The van der Waals surface area contributed by atoms with Gasteiger partial charge in [0.15, 0.2) is 23.4 Å². The highest BCUT2D eigenvalue weighted by atomic mass is 16.6. The molecule has 0 radical (unpaired) electrons. The van der Waals surface area contributed by atoms with Crippen molar-refractivity contribution in [3.8, 4) is 11.5 Å². The smallest absolute Gasteiger partial charge is 0.338 e. The van der Waals surface area contributed by atoms with Crippen LogP contribution < -0.4 is 9.47 Å². The first-order chi connectivity index (χ1) is 13.7. The number of hydrogen-bond acceptors (Lipinski definition) is 5. The Balaban J connectivity index is 1.43. The fraction of sp³-hybridized carbons (Fsp3) is 0.130. The summed E-state index contributed by atoms with van der Waals surface area (Å²) in [6, 6.07) is 22.9. The number of rotatable bonds is 5. The zero-order valence-electron chi connectivity index (χ0n) is 15.0. The van der Waals surface area contributed by atoms with E-state index < -0.39 is 12.1 Å². The monoisotopic (exact) mass is 374 g/mol. The van der Waals surface area contributed by atoms with Crippen molar-refractivity contribution < 1.29 is 23.8 Å². The molecule has 5 nitrogen and oxygen atoms in total. The molecular formula is C23H18O5. The molecule has 4 rings (SSSR count). The van der Waals surface area contributed by atoms with Crippen LogP contribution in [0, 0.1) is 0 Å². The lowest BCUT2D eigenvalue weighted by molar-refractivity contribution is 0.0109. The van der Waals surface area contributed by atoms with E-state index >= 15 is 0 Å². The summed E-state index contributed by atoms with van der Waals surface area (Å²) in [6.45, 7) is 0.324. The van der Waals surface area contributed by atoms with E-state index in [0.717, 1.165) is 0 Å². The lowest BCUT2D eigenvalue weighted by Gasteiger charge is -2.26. The highest BCUT2D eigenvalue weighted by molar-refractivity contribution is 6.09. The minimum Gasteiger partial charge on any atom is -0.486 e. The van der Waals surface area contributed by atoms with Crippen LogP contribution in [-0.4, -0.2) is 31.1 Å². The predicted molar refractivity (Wildman–Crippen MR) is 103 cm³/mol. The molecule has 0 fully saturated rings. The first-order valence-corrected chi connectivity index (χ1v) is 8.96. The van der Waals surface area contributed by atoms with Gasteiger partial charge in [0, 0.05) is 11.1 Å². The number of ketones is 1. The lowest BCUT2D eigenvalue weighted by atomic mass is 10.0. The molecule has 1 heterocycles. The molecule has 0 aliphatic carbocycles. The molecule has 0 aromatic heterocycles. The molecular weight excluding hydrogens is 356 g/mol. The van der Waals surface area contributed by atoms with Gasteiger partial charge in [0.05, 0.1) is 5.56 Å². The van der Waals surface area contributed by atoms with Gasteiger partial charge in [-0.25, -0.2) is 4.79 Å². The first kappa shape index (κ1) is 17.8. The SMILES string of the molecule is O=C(OCC1COc2ccc(C(=O)c3ccccc3)cc2O1)c1ccccc1. The fourth-order valence-electron chi connectivity index (χ4n) is 2.92. The molecule has 0 amide bonds. The van der Waals surface area contributed by atoms with Gasteiger partial charge in [-0.2, -0.15) is 0 Å². The molecule has 0 saturated heterocycles. The van der Waals surface area contributed by atoms with Crippen LogP contribution in [0.3, 0.4) is 0 Å². The number of fused-ring (bicyclic) bond motifs is 1. The molecule has 0 N–H and O–H groups in total. The van der Waals surface area contributed by atoms with Gasteiger partial charge in [0.2, 0.25) is 0 Å². The largest absolute Gasteiger partial charge is 0.486 e. The second-order valence-electron chi connectivity index (χ2n) is 6.37. The van der Waals surface area contributed by atoms with E-state index in [2.05, 4.69) is 0 Å². The summed E-state index contributed by atoms with van der Waals surface area (Å²) in [4.78, 5) is 24.7. The topological polar surface area (TPSA) is 61.8 Å². The van der Waals surface area contributed by atoms with Crippen LogP contribution in [-0.2, 0) is 4.74 Å². The van der Waals surface area contributed by atoms with E-state index in [-0.39, 0.29) is 19.0 Å². The number of benzene rings is 3. The average molecular weight is 374 g/mol. The molecule has 0 bridgehead atoms. The summed E-state index contributed by atoms with van der Waals surface area (Å²) >= 11 is 0. The van der Waals surface area contributed by atoms with Gasteiger partial charge in [-0.1, -0.05) is 48.5 Å². The van der Waals surface area contributed by atoms with E-state index in [1.54, 1.807) is 54.6 Å². The molecule has 1 atom stereocenters. The van der Waals surface area contributed by atoms with Gasteiger partial charge >= 0.3 is 5.97 Å². The summed E-state index contributed by atoms with van der Waals surface area (Å²) in [6.07, 6.45) is -0.442. The Morgan fingerprint density at radius 1 is 0.821 bits per heavy atom. The van der Waals surface area contributed by atoms with Crippen molar-refractivity contribution in [2.24, 2.45) is 0 Å². The minimum atomic E-state index is -0.442. The van der Waals surface area contributed by atoms with E-state index in [1.807, 2.05) is 24.3 Å². The normalized spacial score (nSPS) is 14.9. The molecule has 140 valence electrons. The zero-order valence-corrected chi connectivity index (χ0v) is 15.0. The van der Waals surface area contributed by atoms with Crippen molar-refractivity contribution in [1.82, 2.24) is 0 Å². The van der Waals surface area contributed by atoms with Crippen LogP contribution in [0.2, 0.25) is 0 Å². The Morgan fingerprint density at radius 3 is 2.21 bits per heavy atom. The Morgan fingerprint density at radius 2 is 1.50 bits per heavy atom. The van der Waals surface area contributed by atoms with Gasteiger partial charge in [-0.3, -0.25) is 4.79 Å². The first-order valence-electron chi connectivity index (χ1n) is 8.96. The summed E-state index contributed by atoms with van der Waals surface area (Å²) < 4.78 is 16.9. The number of esters is 1. The molecule has 3 aromatic carbocycles. The summed E-state index contributed by atoms with van der Waals surface area (Å²) in [5.41, 5.74) is 1.60. The van der Waals surface area contributed by atoms with Gasteiger partial charge in [0.25, 0.3) is 0 Å². The maximum absolute atomic E-state index is 12.6. The molecule has 3 aromatic rings. The quantitative estimate of drug-likeness (QED) is 0.500. The second kappa shape index (κ2) is 7.96. The van der Waals surface area contributed by atoms with Crippen LogP contribution in [0.4, 0.5) is 0 Å². The van der Waals surface area contributed by atoms with Gasteiger partial charge in [-0.05, 0) is 30.3 Å². The maximum Gasteiger partial charge on any atom is 0.338 e. The molecule has 28 heavy (non-hydrogen) atoms. The van der Waals surface area contributed by atoms with Gasteiger partial charge in [0.1, 0.15) is 13.2 Å². The number of hydrogen-bond donors (Lipinski definition) is 0. The Labute approximate surface area is 162 Å². The van der Waals surface area contributed by atoms with E-state index in [9.17, 15) is 9.59 Å². The summed E-state index contributed by atoms with van der Waals surface area (Å²) in [7, 11) is 0. The zero-order chi connectivity index (χ0) is 19.3. The minimum absolute atomic E-state index is 0.0596. The molecule has 1 aliphatic heterocycles. The van der Waals surface area contributed by atoms with Crippen molar-refractivity contribution in [2.75, 3.05) is 13.2 Å². The third-order valence-electron chi connectivity index (χ3n) is 4.37. The van der Waals surface area contributed by atoms with Crippen molar-refractivity contribution in [2.45, 2.75) is 6.10 Å². The fourth-order valence-corrected chi connectivity index (χ4v) is 2.92. The molecule has 0 spiro atoms. The second-order valence-corrected chi connectivity index (χ2v) is 6.37. The Bertz CT molecular complexity index is 982. The van der Waals surface area contributed by atoms with Gasteiger partial charge in [-0.15, -0.1) is 0 Å². The highest BCUT2D eigenvalue weighted by Gasteiger charge is 2.24. The molecule has 1 unspecified atom stereocenters.